The molecule has 0 bridgehead atoms. The lowest BCUT2D eigenvalue weighted by Crippen LogP contribution is -2.13. The molecule has 1 heterocycles. The second-order valence-corrected chi connectivity index (χ2v) is 7.33. The molecule has 3 rings (SSSR count). The molecule has 3 aromatic rings. The summed E-state index contributed by atoms with van der Waals surface area (Å²) in [6.45, 7) is 0.798. The minimum Gasteiger partial charge on any atom is -0.493 e. The van der Waals surface area contributed by atoms with E-state index in [1.54, 1.807) is 38.8 Å². The molecule has 32 heavy (non-hydrogen) atoms. The molecule has 0 atom stereocenters. The van der Waals surface area contributed by atoms with Gasteiger partial charge in [0.1, 0.15) is 5.69 Å². The maximum Gasteiger partial charge on any atom is 0.293 e. The molecular weight excluding hydrogens is 436 g/mol. The van der Waals surface area contributed by atoms with Gasteiger partial charge < -0.3 is 19.5 Å². The van der Waals surface area contributed by atoms with Crippen LogP contribution in [0.5, 0.6) is 11.5 Å². The van der Waals surface area contributed by atoms with E-state index in [1.807, 2.05) is 6.07 Å². The van der Waals surface area contributed by atoms with E-state index in [4.69, 9.17) is 14.2 Å². The Kier molecular flexibility index (Phi) is 7.58. The van der Waals surface area contributed by atoms with Gasteiger partial charge in [0.15, 0.2) is 16.6 Å². The standard InChI is InChI=1S/C21H22N4O6S/c1-29-9-8-22-15-6-4-14(10-17(15)25(27)28)20(26)24-21-23-16(12-32-21)13-5-7-18(30-2)19(11-13)31-3/h4-7,10-12,22H,8-9H2,1-3H3,(H,23,24,26). The number of amides is 1. The number of carbonyl (C=O) groups is 1. The Balaban J connectivity index is 1.76. The largest absolute Gasteiger partial charge is 0.493 e. The van der Waals surface area contributed by atoms with Crippen LogP contribution in [0.25, 0.3) is 11.3 Å². The number of nitro groups is 1. The van der Waals surface area contributed by atoms with Gasteiger partial charge in [-0.25, -0.2) is 4.98 Å². The zero-order chi connectivity index (χ0) is 23.1. The van der Waals surface area contributed by atoms with E-state index in [2.05, 4.69) is 15.6 Å². The topological polar surface area (TPSA) is 125 Å². The highest BCUT2D eigenvalue weighted by atomic mass is 32.1. The van der Waals surface area contributed by atoms with Crippen molar-refractivity contribution < 1.29 is 23.9 Å². The van der Waals surface area contributed by atoms with Crippen molar-refractivity contribution in [1.82, 2.24) is 4.98 Å². The minimum atomic E-state index is -0.537. The summed E-state index contributed by atoms with van der Waals surface area (Å²) in [4.78, 5) is 28.0. The second-order valence-electron chi connectivity index (χ2n) is 6.47. The first-order valence-electron chi connectivity index (χ1n) is 9.47. The van der Waals surface area contributed by atoms with Crippen LogP contribution >= 0.6 is 11.3 Å². The van der Waals surface area contributed by atoms with Gasteiger partial charge in [0, 0.05) is 36.2 Å². The Hall–Kier alpha value is -3.70. The van der Waals surface area contributed by atoms with E-state index in [9.17, 15) is 14.9 Å². The molecule has 0 saturated heterocycles. The van der Waals surface area contributed by atoms with Crippen LogP contribution in [0.4, 0.5) is 16.5 Å². The molecule has 0 fully saturated rings. The Morgan fingerprint density at radius 2 is 1.91 bits per heavy atom. The van der Waals surface area contributed by atoms with Gasteiger partial charge in [-0.3, -0.25) is 20.2 Å². The van der Waals surface area contributed by atoms with Crippen LogP contribution < -0.4 is 20.1 Å². The van der Waals surface area contributed by atoms with Gasteiger partial charge in [-0.2, -0.15) is 0 Å². The van der Waals surface area contributed by atoms with Crippen LogP contribution in [0.1, 0.15) is 10.4 Å². The molecule has 0 aliphatic rings. The van der Waals surface area contributed by atoms with Crippen molar-refractivity contribution in [3.05, 3.63) is 57.5 Å². The Labute approximate surface area is 188 Å². The third kappa shape index (κ3) is 5.31. The zero-order valence-corrected chi connectivity index (χ0v) is 18.5. The number of hydrogen-bond donors (Lipinski definition) is 2. The van der Waals surface area contributed by atoms with E-state index in [-0.39, 0.29) is 11.3 Å². The number of nitrogens with zero attached hydrogens (tertiary/aromatic N) is 2. The number of benzene rings is 2. The number of methoxy groups -OCH3 is 3. The van der Waals surface area contributed by atoms with Crippen LogP contribution in [-0.2, 0) is 4.74 Å². The number of carbonyl (C=O) groups excluding carboxylic acids is 1. The number of nitrogens with one attached hydrogen (secondary N) is 2. The van der Waals surface area contributed by atoms with Crippen molar-refractivity contribution >= 4 is 33.8 Å². The third-order valence-corrected chi connectivity index (χ3v) is 5.24. The molecule has 1 amide bonds. The Bertz CT molecular complexity index is 1120. The number of nitro benzene ring substituents is 1. The average Bonchev–Trinajstić information content (AvgIpc) is 3.27. The normalized spacial score (nSPS) is 10.5. The molecule has 0 aliphatic heterocycles. The van der Waals surface area contributed by atoms with E-state index in [0.29, 0.717) is 41.2 Å². The number of anilines is 2. The van der Waals surface area contributed by atoms with Gasteiger partial charge in [-0.05, 0) is 30.3 Å². The average molecular weight is 458 g/mol. The van der Waals surface area contributed by atoms with Gasteiger partial charge in [-0.15, -0.1) is 11.3 Å². The highest BCUT2D eigenvalue weighted by Crippen LogP contribution is 2.33. The summed E-state index contributed by atoms with van der Waals surface area (Å²) in [6, 6.07) is 9.64. The highest BCUT2D eigenvalue weighted by molar-refractivity contribution is 7.14. The molecule has 10 nitrogen and oxygen atoms in total. The summed E-state index contributed by atoms with van der Waals surface area (Å²) >= 11 is 1.24. The lowest BCUT2D eigenvalue weighted by molar-refractivity contribution is -0.384. The van der Waals surface area contributed by atoms with Gasteiger partial charge in [0.2, 0.25) is 0 Å². The minimum absolute atomic E-state index is 0.150. The highest BCUT2D eigenvalue weighted by Gasteiger charge is 2.18. The predicted molar refractivity (Wildman–Crippen MR) is 122 cm³/mol. The first-order valence-corrected chi connectivity index (χ1v) is 10.3. The monoisotopic (exact) mass is 458 g/mol. The smallest absolute Gasteiger partial charge is 0.293 e. The number of ether oxygens (including phenoxy) is 3. The Morgan fingerprint density at radius 3 is 2.59 bits per heavy atom. The molecule has 0 unspecified atom stereocenters. The molecular formula is C21H22N4O6S. The van der Waals surface area contributed by atoms with Crippen LogP contribution in [0.3, 0.4) is 0 Å². The van der Waals surface area contributed by atoms with Crippen molar-refractivity contribution in [2.75, 3.05) is 45.1 Å². The van der Waals surface area contributed by atoms with Crippen molar-refractivity contribution in [2.24, 2.45) is 0 Å². The van der Waals surface area contributed by atoms with Gasteiger partial charge >= 0.3 is 0 Å². The van der Waals surface area contributed by atoms with E-state index in [0.717, 1.165) is 5.56 Å². The molecule has 0 radical (unpaired) electrons. The SMILES string of the molecule is COCCNc1ccc(C(=O)Nc2nc(-c3ccc(OC)c(OC)c3)cs2)cc1[N+](=O)[O-]. The summed E-state index contributed by atoms with van der Waals surface area (Å²) in [7, 11) is 4.64. The first kappa shape index (κ1) is 23.0. The molecule has 0 aliphatic carbocycles. The fraction of sp³-hybridized carbons (Fsp3) is 0.238. The number of thiazole rings is 1. The summed E-state index contributed by atoms with van der Waals surface area (Å²) in [6.07, 6.45) is 0. The quantitative estimate of drug-likeness (QED) is 0.265. The third-order valence-electron chi connectivity index (χ3n) is 4.48. The van der Waals surface area contributed by atoms with Crippen LogP contribution in [0.2, 0.25) is 0 Å². The van der Waals surface area contributed by atoms with E-state index in [1.165, 1.54) is 29.5 Å². The molecule has 11 heteroatoms. The summed E-state index contributed by atoms with van der Waals surface area (Å²) in [5.74, 6) is 0.668. The van der Waals surface area contributed by atoms with E-state index >= 15 is 0 Å². The molecule has 2 N–H and O–H groups in total. The van der Waals surface area contributed by atoms with Gasteiger partial charge in [-0.1, -0.05) is 0 Å². The zero-order valence-electron chi connectivity index (χ0n) is 17.7. The van der Waals surface area contributed by atoms with Crippen molar-refractivity contribution in [3.8, 4) is 22.8 Å². The number of aromatic nitrogens is 1. The summed E-state index contributed by atoms with van der Waals surface area (Å²) in [5.41, 5.74) is 1.71. The van der Waals surface area contributed by atoms with Crippen molar-refractivity contribution in [1.29, 1.82) is 0 Å². The Morgan fingerprint density at radius 1 is 1.12 bits per heavy atom. The maximum atomic E-state index is 12.6. The molecule has 1 aromatic heterocycles. The number of rotatable bonds is 10. The predicted octanol–water partition coefficient (Wildman–Crippen LogP) is 4.05. The molecule has 2 aromatic carbocycles. The van der Waals surface area contributed by atoms with Crippen molar-refractivity contribution in [2.45, 2.75) is 0 Å². The molecule has 0 saturated carbocycles. The van der Waals surface area contributed by atoms with Gasteiger partial charge in [0.05, 0.1) is 31.4 Å². The maximum absolute atomic E-state index is 12.6. The summed E-state index contributed by atoms with van der Waals surface area (Å²) < 4.78 is 15.5. The van der Waals surface area contributed by atoms with E-state index < -0.39 is 10.8 Å². The van der Waals surface area contributed by atoms with Crippen LogP contribution in [0.15, 0.2) is 41.8 Å². The fourth-order valence-corrected chi connectivity index (χ4v) is 3.60. The van der Waals surface area contributed by atoms with Crippen LogP contribution in [0, 0.1) is 10.1 Å². The number of hydrogen-bond acceptors (Lipinski definition) is 9. The fourth-order valence-electron chi connectivity index (χ4n) is 2.89. The molecule has 0 spiro atoms. The van der Waals surface area contributed by atoms with Crippen LogP contribution in [-0.4, -0.2) is 50.3 Å². The van der Waals surface area contributed by atoms with Gasteiger partial charge in [0.25, 0.3) is 11.6 Å². The van der Waals surface area contributed by atoms with Crippen molar-refractivity contribution in [3.63, 3.8) is 0 Å². The lowest BCUT2D eigenvalue weighted by Gasteiger charge is -2.08. The second kappa shape index (κ2) is 10.6. The summed E-state index contributed by atoms with van der Waals surface area (Å²) in [5, 5.41) is 19.2. The molecule has 168 valence electrons. The lowest BCUT2D eigenvalue weighted by atomic mass is 10.1. The first-order chi connectivity index (χ1) is 15.5.